The first kappa shape index (κ1) is 11.8. The Morgan fingerprint density at radius 1 is 1.44 bits per heavy atom. The Kier molecular flexibility index (Phi) is 3.13. The third-order valence-corrected chi connectivity index (χ3v) is 3.47. The molecule has 0 bridgehead atoms. The van der Waals surface area contributed by atoms with Gasteiger partial charge in [0.05, 0.1) is 22.1 Å². The topological polar surface area (TPSA) is 42.7 Å². The fourth-order valence-corrected chi connectivity index (χ4v) is 2.04. The molecule has 2 aromatic rings. The van der Waals surface area contributed by atoms with Crippen molar-refractivity contribution < 1.29 is 4.39 Å². The third-order valence-electron chi connectivity index (χ3n) is 2.86. The highest BCUT2D eigenvalue weighted by Crippen LogP contribution is 2.20. The smallest absolute Gasteiger partial charge is 0.137 e. The van der Waals surface area contributed by atoms with E-state index in [2.05, 4.69) is 31.6 Å². The van der Waals surface area contributed by atoms with Crippen LogP contribution in [-0.4, -0.2) is 21.0 Å². The Morgan fingerprint density at radius 2 is 2.28 bits per heavy atom. The van der Waals surface area contributed by atoms with Gasteiger partial charge in [-0.15, -0.1) is 5.10 Å². The summed E-state index contributed by atoms with van der Waals surface area (Å²) in [5.41, 5.74) is 1.68. The van der Waals surface area contributed by atoms with E-state index in [1.807, 2.05) is 6.20 Å². The Balaban J connectivity index is 1.76. The lowest BCUT2D eigenvalue weighted by molar-refractivity contribution is 0.620. The quantitative estimate of drug-likeness (QED) is 0.943. The predicted octanol–water partition coefficient (Wildman–Crippen LogP) is 2.42. The number of benzene rings is 1. The molecule has 18 heavy (non-hydrogen) atoms. The van der Waals surface area contributed by atoms with Crippen LogP contribution in [0.3, 0.4) is 0 Å². The fourth-order valence-electron chi connectivity index (χ4n) is 1.67. The summed E-state index contributed by atoms with van der Waals surface area (Å²) >= 11 is 3.16. The maximum absolute atomic E-state index is 13.1. The van der Waals surface area contributed by atoms with Crippen LogP contribution in [0.25, 0.3) is 5.69 Å². The summed E-state index contributed by atoms with van der Waals surface area (Å²) in [5.74, 6) is -0.283. The highest BCUT2D eigenvalue weighted by atomic mass is 79.9. The van der Waals surface area contributed by atoms with Crippen molar-refractivity contribution in [3.8, 4) is 5.69 Å². The summed E-state index contributed by atoms with van der Waals surface area (Å²) in [6.07, 6.45) is 4.35. The molecule has 0 spiro atoms. The molecule has 1 saturated carbocycles. The van der Waals surface area contributed by atoms with E-state index in [0.29, 0.717) is 10.5 Å². The molecule has 94 valence electrons. The maximum atomic E-state index is 13.1. The number of hydrogen-bond acceptors (Lipinski definition) is 3. The second kappa shape index (κ2) is 4.78. The van der Waals surface area contributed by atoms with Gasteiger partial charge in [0, 0.05) is 12.6 Å². The lowest BCUT2D eigenvalue weighted by atomic mass is 10.3. The van der Waals surface area contributed by atoms with Crippen LogP contribution in [0.2, 0.25) is 0 Å². The van der Waals surface area contributed by atoms with E-state index in [1.165, 1.54) is 18.9 Å². The second-order valence-corrected chi connectivity index (χ2v) is 5.26. The largest absolute Gasteiger partial charge is 0.308 e. The molecule has 6 heteroatoms. The minimum Gasteiger partial charge on any atom is -0.308 e. The second-order valence-electron chi connectivity index (χ2n) is 4.41. The monoisotopic (exact) mass is 310 g/mol. The zero-order valence-corrected chi connectivity index (χ0v) is 11.2. The molecule has 1 aliphatic carbocycles. The van der Waals surface area contributed by atoms with Crippen LogP contribution in [0.1, 0.15) is 18.5 Å². The Morgan fingerprint density at radius 3 is 3.00 bits per heavy atom. The van der Waals surface area contributed by atoms with Crippen molar-refractivity contribution in [1.29, 1.82) is 0 Å². The molecule has 1 fully saturated rings. The maximum Gasteiger partial charge on any atom is 0.137 e. The summed E-state index contributed by atoms with van der Waals surface area (Å²) in [4.78, 5) is 0. The van der Waals surface area contributed by atoms with Crippen LogP contribution >= 0.6 is 15.9 Å². The molecule has 1 N–H and O–H groups in total. The SMILES string of the molecule is Fc1ccc(-n2cc(CNC3CC3)nn2)cc1Br. The molecular weight excluding hydrogens is 299 g/mol. The summed E-state index contributed by atoms with van der Waals surface area (Å²) in [7, 11) is 0. The minimum atomic E-state index is -0.283. The lowest BCUT2D eigenvalue weighted by Crippen LogP contribution is -2.15. The molecule has 0 aliphatic heterocycles. The Hall–Kier alpha value is -1.27. The van der Waals surface area contributed by atoms with Gasteiger partial charge in [0.1, 0.15) is 5.82 Å². The molecule has 0 amide bonds. The van der Waals surface area contributed by atoms with Crippen molar-refractivity contribution in [2.45, 2.75) is 25.4 Å². The average Bonchev–Trinajstić information content (AvgIpc) is 3.08. The molecule has 0 radical (unpaired) electrons. The van der Waals surface area contributed by atoms with Crippen molar-refractivity contribution in [2.75, 3.05) is 0 Å². The molecule has 1 aromatic carbocycles. The normalized spacial score (nSPS) is 15.0. The zero-order chi connectivity index (χ0) is 12.5. The van der Waals surface area contributed by atoms with Gasteiger partial charge in [-0.1, -0.05) is 5.21 Å². The first-order chi connectivity index (χ1) is 8.72. The average molecular weight is 311 g/mol. The minimum absolute atomic E-state index is 0.283. The third kappa shape index (κ3) is 2.59. The zero-order valence-electron chi connectivity index (χ0n) is 9.61. The van der Waals surface area contributed by atoms with Crippen LogP contribution < -0.4 is 5.32 Å². The van der Waals surface area contributed by atoms with Crippen molar-refractivity contribution in [1.82, 2.24) is 20.3 Å². The Bertz CT molecular complexity index is 565. The molecule has 0 atom stereocenters. The van der Waals surface area contributed by atoms with Gasteiger partial charge in [-0.05, 0) is 47.0 Å². The number of halogens is 2. The van der Waals surface area contributed by atoms with Crippen molar-refractivity contribution in [3.05, 3.63) is 40.4 Å². The molecule has 1 aromatic heterocycles. The number of nitrogens with one attached hydrogen (secondary N) is 1. The van der Waals surface area contributed by atoms with Gasteiger partial charge in [0.15, 0.2) is 0 Å². The molecule has 0 saturated heterocycles. The number of rotatable bonds is 4. The van der Waals surface area contributed by atoms with E-state index in [1.54, 1.807) is 16.8 Å². The summed E-state index contributed by atoms with van der Waals surface area (Å²) in [5, 5.41) is 11.5. The number of hydrogen-bond donors (Lipinski definition) is 1. The van der Waals surface area contributed by atoms with Gasteiger partial charge in [-0.2, -0.15) is 0 Å². The standard InChI is InChI=1S/C12H12BrFN4/c13-11-5-10(3-4-12(11)14)18-7-9(16-17-18)6-15-8-1-2-8/h3-5,7-8,15H,1-2,6H2. The van der Waals surface area contributed by atoms with Gasteiger partial charge < -0.3 is 5.32 Å². The van der Waals surface area contributed by atoms with Crippen molar-refractivity contribution in [3.63, 3.8) is 0 Å². The molecule has 4 nitrogen and oxygen atoms in total. The molecular formula is C12H12BrFN4. The van der Waals surface area contributed by atoms with Crippen molar-refractivity contribution >= 4 is 15.9 Å². The van der Waals surface area contributed by atoms with Crippen LogP contribution in [0.4, 0.5) is 4.39 Å². The number of nitrogens with zero attached hydrogens (tertiary/aromatic N) is 3. The van der Waals surface area contributed by atoms with E-state index >= 15 is 0 Å². The fraction of sp³-hybridized carbons (Fsp3) is 0.333. The van der Waals surface area contributed by atoms with Crippen LogP contribution in [0.15, 0.2) is 28.9 Å². The highest BCUT2D eigenvalue weighted by molar-refractivity contribution is 9.10. The van der Waals surface area contributed by atoms with E-state index in [9.17, 15) is 4.39 Å². The van der Waals surface area contributed by atoms with Gasteiger partial charge in [-0.3, -0.25) is 0 Å². The van der Waals surface area contributed by atoms with Gasteiger partial charge >= 0.3 is 0 Å². The van der Waals surface area contributed by atoms with Gasteiger partial charge in [0.2, 0.25) is 0 Å². The van der Waals surface area contributed by atoms with E-state index in [4.69, 9.17) is 0 Å². The lowest BCUT2D eigenvalue weighted by Gasteiger charge is -2.01. The highest BCUT2D eigenvalue weighted by Gasteiger charge is 2.20. The molecule has 3 rings (SSSR count). The van der Waals surface area contributed by atoms with Crippen LogP contribution in [0.5, 0.6) is 0 Å². The predicted molar refractivity (Wildman–Crippen MR) is 68.9 cm³/mol. The first-order valence-corrected chi connectivity index (χ1v) is 6.62. The molecule has 0 unspecified atom stereocenters. The van der Waals surface area contributed by atoms with Gasteiger partial charge in [-0.25, -0.2) is 9.07 Å². The van der Waals surface area contributed by atoms with Crippen LogP contribution in [0, 0.1) is 5.82 Å². The van der Waals surface area contributed by atoms with Crippen molar-refractivity contribution in [2.24, 2.45) is 0 Å². The summed E-state index contributed by atoms with van der Waals surface area (Å²) < 4.78 is 15.2. The summed E-state index contributed by atoms with van der Waals surface area (Å²) in [6.45, 7) is 0.729. The first-order valence-electron chi connectivity index (χ1n) is 5.82. The summed E-state index contributed by atoms with van der Waals surface area (Å²) in [6, 6.07) is 5.41. The Labute approximate surface area is 112 Å². The number of aromatic nitrogens is 3. The van der Waals surface area contributed by atoms with E-state index < -0.39 is 0 Å². The van der Waals surface area contributed by atoms with Crippen LogP contribution in [-0.2, 0) is 6.54 Å². The van der Waals surface area contributed by atoms with E-state index in [-0.39, 0.29) is 5.82 Å². The molecule has 1 aliphatic rings. The van der Waals surface area contributed by atoms with E-state index in [0.717, 1.165) is 17.9 Å². The van der Waals surface area contributed by atoms with Gasteiger partial charge in [0.25, 0.3) is 0 Å². The molecule has 1 heterocycles.